The fourth-order valence-corrected chi connectivity index (χ4v) is 3.77. The molecule has 6 nitrogen and oxygen atoms in total. The third-order valence-corrected chi connectivity index (χ3v) is 5.61. The van der Waals surface area contributed by atoms with Crippen LogP contribution in [0.1, 0.15) is 37.0 Å². The number of aromatic nitrogens is 1. The van der Waals surface area contributed by atoms with Crippen LogP contribution < -0.4 is 5.32 Å². The molecule has 0 unspecified atom stereocenters. The third kappa shape index (κ3) is 5.25. The van der Waals surface area contributed by atoms with Gasteiger partial charge in [0.2, 0.25) is 0 Å². The van der Waals surface area contributed by atoms with Crippen LogP contribution in [0, 0.1) is 0 Å². The number of hydrogen-bond donors (Lipinski definition) is 1. The Bertz CT molecular complexity index is 534. The Morgan fingerprint density at radius 2 is 1.54 bits per heavy atom. The van der Waals surface area contributed by atoms with E-state index in [2.05, 4.69) is 39.1 Å². The van der Waals surface area contributed by atoms with Gasteiger partial charge in [0.05, 0.1) is 0 Å². The van der Waals surface area contributed by atoms with Gasteiger partial charge in [-0.25, -0.2) is 0 Å². The minimum absolute atomic E-state index is 0.00447. The highest BCUT2D eigenvalue weighted by Crippen LogP contribution is 2.29. The highest BCUT2D eigenvalue weighted by Gasteiger charge is 2.40. The molecule has 0 saturated carbocycles. The first-order valence-electron chi connectivity index (χ1n) is 9.89. The van der Waals surface area contributed by atoms with Crippen molar-refractivity contribution in [1.82, 2.24) is 25.0 Å². The smallest absolute Gasteiger partial charge is 0.251 e. The van der Waals surface area contributed by atoms with Crippen molar-refractivity contribution in [3.63, 3.8) is 0 Å². The quantitative estimate of drug-likeness (QED) is 0.882. The SMILES string of the molecule is CC.CN1CCN(C2(CNC(=O)c3ccncc3)CCN(C)CC2)CC1. The van der Waals surface area contributed by atoms with E-state index in [4.69, 9.17) is 0 Å². The van der Waals surface area contributed by atoms with Crippen LogP contribution in [0.2, 0.25) is 0 Å². The Hall–Kier alpha value is -1.50. The lowest BCUT2D eigenvalue weighted by atomic mass is 9.84. The topological polar surface area (TPSA) is 51.7 Å². The van der Waals surface area contributed by atoms with Crippen LogP contribution >= 0.6 is 0 Å². The van der Waals surface area contributed by atoms with Gasteiger partial charge in [0.15, 0.2) is 0 Å². The van der Waals surface area contributed by atoms with E-state index in [1.54, 1.807) is 24.5 Å². The van der Waals surface area contributed by atoms with Crippen LogP contribution in [0.15, 0.2) is 24.5 Å². The number of carbonyl (C=O) groups is 1. The molecule has 26 heavy (non-hydrogen) atoms. The van der Waals surface area contributed by atoms with Gasteiger partial charge in [-0.05, 0) is 52.2 Å². The molecule has 6 heteroatoms. The standard InChI is InChI=1S/C18H29N5O.C2H6/c1-21-9-5-18(6-10-21,23-13-11-22(2)12-14-23)15-20-17(24)16-3-7-19-8-4-16;1-2/h3-4,7-8H,5-6,9-15H2,1-2H3,(H,20,24);1-2H3. The lowest BCUT2D eigenvalue weighted by molar-refractivity contribution is -0.000856. The van der Waals surface area contributed by atoms with Crippen molar-refractivity contribution in [2.45, 2.75) is 32.2 Å². The van der Waals surface area contributed by atoms with Gasteiger partial charge in [-0.2, -0.15) is 0 Å². The van der Waals surface area contributed by atoms with E-state index in [1.165, 1.54) is 0 Å². The summed E-state index contributed by atoms with van der Waals surface area (Å²) in [5, 5.41) is 3.19. The van der Waals surface area contributed by atoms with E-state index < -0.39 is 0 Å². The van der Waals surface area contributed by atoms with Crippen molar-refractivity contribution in [2.24, 2.45) is 0 Å². The minimum Gasteiger partial charge on any atom is -0.350 e. The summed E-state index contributed by atoms with van der Waals surface area (Å²) in [5.74, 6) is 0.00447. The molecule has 0 radical (unpaired) electrons. The van der Waals surface area contributed by atoms with Crippen molar-refractivity contribution in [3.8, 4) is 0 Å². The summed E-state index contributed by atoms with van der Waals surface area (Å²) in [5.41, 5.74) is 0.780. The number of hydrogen-bond acceptors (Lipinski definition) is 5. The predicted molar refractivity (Wildman–Crippen MR) is 106 cm³/mol. The number of piperazine rings is 1. The summed E-state index contributed by atoms with van der Waals surface area (Å²) in [6.45, 7) is 11.3. The average Bonchev–Trinajstić information content (AvgIpc) is 2.70. The zero-order valence-electron chi connectivity index (χ0n) is 16.9. The molecule has 146 valence electrons. The van der Waals surface area contributed by atoms with E-state index >= 15 is 0 Å². The Balaban J connectivity index is 0.00000117. The van der Waals surface area contributed by atoms with Crippen LogP contribution in [0.4, 0.5) is 0 Å². The molecule has 0 spiro atoms. The molecule has 2 saturated heterocycles. The van der Waals surface area contributed by atoms with Crippen LogP contribution in [0.5, 0.6) is 0 Å². The summed E-state index contributed by atoms with van der Waals surface area (Å²) < 4.78 is 0. The zero-order valence-corrected chi connectivity index (χ0v) is 16.9. The minimum atomic E-state index is 0.00447. The molecule has 0 aliphatic carbocycles. The molecule has 2 aliphatic heterocycles. The largest absolute Gasteiger partial charge is 0.350 e. The van der Waals surface area contributed by atoms with Gasteiger partial charge in [-0.1, -0.05) is 13.8 Å². The van der Waals surface area contributed by atoms with E-state index in [0.29, 0.717) is 5.56 Å². The number of pyridine rings is 1. The highest BCUT2D eigenvalue weighted by molar-refractivity contribution is 5.94. The predicted octanol–water partition coefficient (Wildman–Crippen LogP) is 1.55. The number of nitrogens with one attached hydrogen (secondary N) is 1. The fraction of sp³-hybridized carbons (Fsp3) is 0.700. The molecular weight excluding hydrogens is 326 g/mol. The first-order valence-corrected chi connectivity index (χ1v) is 9.89. The summed E-state index contributed by atoms with van der Waals surface area (Å²) in [6, 6.07) is 3.54. The molecule has 0 atom stereocenters. The van der Waals surface area contributed by atoms with Gasteiger partial charge < -0.3 is 15.1 Å². The summed E-state index contributed by atoms with van der Waals surface area (Å²) in [6.07, 6.45) is 5.56. The van der Waals surface area contributed by atoms with Crippen molar-refractivity contribution in [2.75, 3.05) is 59.9 Å². The van der Waals surface area contributed by atoms with Crippen molar-refractivity contribution >= 4 is 5.91 Å². The number of carbonyl (C=O) groups excluding carboxylic acids is 1. The maximum atomic E-state index is 12.5. The molecule has 1 aromatic rings. The maximum absolute atomic E-state index is 12.5. The van der Waals surface area contributed by atoms with E-state index in [1.807, 2.05) is 13.8 Å². The van der Waals surface area contributed by atoms with Crippen LogP contribution in [0.25, 0.3) is 0 Å². The summed E-state index contributed by atoms with van der Waals surface area (Å²) in [7, 11) is 4.37. The number of rotatable bonds is 4. The van der Waals surface area contributed by atoms with E-state index in [-0.39, 0.29) is 11.4 Å². The normalized spacial score (nSPS) is 21.5. The van der Waals surface area contributed by atoms with Crippen LogP contribution in [0.3, 0.4) is 0 Å². The van der Waals surface area contributed by atoms with Gasteiger partial charge in [0.25, 0.3) is 5.91 Å². The second-order valence-corrected chi connectivity index (χ2v) is 7.24. The lowest BCUT2D eigenvalue weighted by Gasteiger charge is -2.51. The first-order chi connectivity index (χ1) is 12.6. The maximum Gasteiger partial charge on any atom is 0.251 e. The number of likely N-dealkylation sites (N-methyl/N-ethyl adjacent to an activating group) is 1. The first kappa shape index (κ1) is 20.8. The number of likely N-dealkylation sites (tertiary alicyclic amines) is 1. The summed E-state index contributed by atoms with van der Waals surface area (Å²) in [4.78, 5) is 23.8. The van der Waals surface area contributed by atoms with Gasteiger partial charge in [0.1, 0.15) is 0 Å². The van der Waals surface area contributed by atoms with E-state index in [0.717, 1.165) is 58.7 Å². The molecule has 3 rings (SSSR count). The van der Waals surface area contributed by atoms with Crippen molar-refractivity contribution in [3.05, 3.63) is 30.1 Å². The number of piperidine rings is 1. The molecule has 1 N–H and O–H groups in total. The molecular formula is C20H35N5O. The molecule has 0 aromatic carbocycles. The molecule has 3 heterocycles. The number of amides is 1. The highest BCUT2D eigenvalue weighted by atomic mass is 16.1. The van der Waals surface area contributed by atoms with Crippen LogP contribution in [-0.4, -0.2) is 91.0 Å². The zero-order chi connectivity index (χ0) is 19.0. The second kappa shape index (κ2) is 10.00. The monoisotopic (exact) mass is 361 g/mol. The molecule has 1 amide bonds. The molecule has 0 bridgehead atoms. The van der Waals surface area contributed by atoms with Gasteiger partial charge in [-0.15, -0.1) is 0 Å². The second-order valence-electron chi connectivity index (χ2n) is 7.24. The third-order valence-electron chi connectivity index (χ3n) is 5.61. The van der Waals surface area contributed by atoms with Crippen molar-refractivity contribution in [1.29, 1.82) is 0 Å². The lowest BCUT2D eigenvalue weighted by Crippen LogP contribution is -2.64. The van der Waals surface area contributed by atoms with E-state index in [9.17, 15) is 4.79 Å². The number of nitrogens with zero attached hydrogens (tertiary/aromatic N) is 4. The molecule has 1 aromatic heterocycles. The van der Waals surface area contributed by atoms with Gasteiger partial charge >= 0.3 is 0 Å². The molecule has 2 aliphatic rings. The Morgan fingerprint density at radius 3 is 2.12 bits per heavy atom. The summed E-state index contributed by atoms with van der Waals surface area (Å²) >= 11 is 0. The molecule has 2 fully saturated rings. The Labute approximate surface area is 158 Å². The Kier molecular flexibility index (Phi) is 8.00. The van der Waals surface area contributed by atoms with Crippen LogP contribution in [-0.2, 0) is 0 Å². The van der Waals surface area contributed by atoms with Gasteiger partial charge in [0, 0.05) is 56.2 Å². The fourth-order valence-electron chi connectivity index (χ4n) is 3.77. The average molecular weight is 362 g/mol. The Morgan fingerprint density at radius 1 is 1.00 bits per heavy atom. The van der Waals surface area contributed by atoms with Crippen molar-refractivity contribution < 1.29 is 4.79 Å². The van der Waals surface area contributed by atoms with Gasteiger partial charge in [-0.3, -0.25) is 14.7 Å².